The number of sulfonamides is 1. The molecule has 3 rings (SSSR count). The maximum Gasteiger partial charge on any atom is 0.286 e. The molecule has 0 radical (unpaired) electrons. The van der Waals surface area contributed by atoms with E-state index in [0.717, 1.165) is 5.69 Å². The molecule has 0 unspecified atom stereocenters. The number of para-hydroxylation sites is 1. The average molecular weight is 305 g/mol. The van der Waals surface area contributed by atoms with Crippen LogP contribution in [0.2, 0.25) is 0 Å². The molecule has 1 aromatic carbocycles. The SMILES string of the molecule is O=S1(=O)N=C(SCc2ccccn2)Nc2ccccc21. The number of hydrogen-bond acceptors (Lipinski definition) is 5. The van der Waals surface area contributed by atoms with Gasteiger partial charge in [0.15, 0.2) is 5.17 Å². The van der Waals surface area contributed by atoms with Crippen LogP contribution in [-0.4, -0.2) is 18.6 Å². The summed E-state index contributed by atoms with van der Waals surface area (Å²) in [5.74, 6) is 0.560. The van der Waals surface area contributed by atoms with Crippen molar-refractivity contribution in [2.75, 3.05) is 5.32 Å². The first-order chi connectivity index (χ1) is 9.65. The number of aromatic nitrogens is 1. The predicted molar refractivity (Wildman–Crippen MR) is 80.2 cm³/mol. The Hall–Kier alpha value is -1.86. The van der Waals surface area contributed by atoms with E-state index >= 15 is 0 Å². The molecular formula is C13H11N3O2S2. The first-order valence-electron chi connectivity index (χ1n) is 5.89. The molecular weight excluding hydrogens is 294 g/mol. The minimum Gasteiger partial charge on any atom is -0.333 e. The summed E-state index contributed by atoms with van der Waals surface area (Å²) in [6, 6.07) is 12.4. The van der Waals surface area contributed by atoms with Gasteiger partial charge in [0.1, 0.15) is 4.90 Å². The molecule has 20 heavy (non-hydrogen) atoms. The summed E-state index contributed by atoms with van der Waals surface area (Å²) in [7, 11) is -3.61. The summed E-state index contributed by atoms with van der Waals surface area (Å²) in [6.45, 7) is 0. The zero-order valence-corrected chi connectivity index (χ0v) is 12.0. The van der Waals surface area contributed by atoms with E-state index < -0.39 is 10.0 Å². The highest BCUT2D eigenvalue weighted by Gasteiger charge is 2.24. The number of hydrogen-bond donors (Lipinski definition) is 1. The molecule has 0 saturated carbocycles. The molecule has 1 N–H and O–H groups in total. The quantitative estimate of drug-likeness (QED) is 0.923. The lowest BCUT2D eigenvalue weighted by atomic mass is 10.3. The Morgan fingerprint density at radius 3 is 2.70 bits per heavy atom. The molecule has 1 aromatic heterocycles. The molecule has 0 bridgehead atoms. The molecule has 102 valence electrons. The molecule has 0 fully saturated rings. The summed E-state index contributed by atoms with van der Waals surface area (Å²) >= 11 is 1.31. The molecule has 2 heterocycles. The second kappa shape index (κ2) is 5.26. The van der Waals surface area contributed by atoms with Crippen LogP contribution in [0.4, 0.5) is 5.69 Å². The number of pyridine rings is 1. The standard InChI is InChI=1S/C13H11N3O2S2/c17-20(18)12-7-2-1-6-11(12)15-13(16-20)19-9-10-5-3-4-8-14-10/h1-8H,9H2,(H,15,16). The second-order valence-corrected chi connectivity index (χ2v) is 6.64. The molecule has 1 aliphatic rings. The van der Waals surface area contributed by atoms with Gasteiger partial charge in [0.05, 0.1) is 11.4 Å². The van der Waals surface area contributed by atoms with E-state index in [9.17, 15) is 8.42 Å². The molecule has 0 saturated heterocycles. The third kappa shape index (κ3) is 2.68. The minimum atomic E-state index is -3.61. The second-order valence-electron chi connectivity index (χ2n) is 4.10. The molecule has 2 aromatic rings. The van der Waals surface area contributed by atoms with Crippen LogP contribution in [0.3, 0.4) is 0 Å². The summed E-state index contributed by atoms with van der Waals surface area (Å²) < 4.78 is 27.9. The van der Waals surface area contributed by atoms with E-state index in [2.05, 4.69) is 14.7 Å². The van der Waals surface area contributed by atoms with Gasteiger partial charge in [-0.2, -0.15) is 8.42 Å². The monoisotopic (exact) mass is 305 g/mol. The molecule has 0 amide bonds. The van der Waals surface area contributed by atoms with Crippen LogP contribution in [0.5, 0.6) is 0 Å². The van der Waals surface area contributed by atoms with Crippen LogP contribution >= 0.6 is 11.8 Å². The van der Waals surface area contributed by atoms with Gasteiger partial charge in [-0.15, -0.1) is 4.40 Å². The lowest BCUT2D eigenvalue weighted by molar-refractivity contribution is 0.598. The van der Waals surface area contributed by atoms with Gasteiger partial charge in [0.25, 0.3) is 10.0 Å². The van der Waals surface area contributed by atoms with Crippen molar-refractivity contribution in [3.8, 4) is 0 Å². The van der Waals surface area contributed by atoms with E-state index in [1.165, 1.54) is 11.8 Å². The summed E-state index contributed by atoms with van der Waals surface area (Å²) in [5.41, 5.74) is 1.43. The Bertz CT molecular complexity index is 758. The van der Waals surface area contributed by atoms with Gasteiger partial charge >= 0.3 is 0 Å². The van der Waals surface area contributed by atoms with Crippen LogP contribution in [0, 0.1) is 0 Å². The van der Waals surface area contributed by atoms with E-state index in [0.29, 0.717) is 16.6 Å². The highest BCUT2D eigenvalue weighted by atomic mass is 32.2. The first-order valence-corrected chi connectivity index (χ1v) is 8.31. The number of nitrogens with one attached hydrogen (secondary N) is 1. The van der Waals surface area contributed by atoms with Gasteiger partial charge in [0.2, 0.25) is 0 Å². The largest absolute Gasteiger partial charge is 0.333 e. The van der Waals surface area contributed by atoms with Crippen molar-refractivity contribution < 1.29 is 8.42 Å². The van der Waals surface area contributed by atoms with E-state index in [-0.39, 0.29) is 4.90 Å². The molecule has 0 atom stereocenters. The van der Waals surface area contributed by atoms with Crippen molar-refractivity contribution in [2.24, 2.45) is 4.40 Å². The van der Waals surface area contributed by atoms with Gasteiger partial charge in [-0.25, -0.2) is 0 Å². The number of thioether (sulfide) groups is 1. The fourth-order valence-electron chi connectivity index (χ4n) is 1.78. The third-order valence-electron chi connectivity index (χ3n) is 2.69. The van der Waals surface area contributed by atoms with E-state index in [1.54, 1.807) is 30.5 Å². The fraction of sp³-hybridized carbons (Fsp3) is 0.0769. The van der Waals surface area contributed by atoms with Crippen molar-refractivity contribution in [2.45, 2.75) is 10.6 Å². The Morgan fingerprint density at radius 1 is 1.10 bits per heavy atom. The highest BCUT2D eigenvalue weighted by Crippen LogP contribution is 2.29. The topological polar surface area (TPSA) is 71.4 Å². The Morgan fingerprint density at radius 2 is 1.90 bits per heavy atom. The smallest absolute Gasteiger partial charge is 0.286 e. The number of anilines is 1. The molecule has 1 aliphatic heterocycles. The van der Waals surface area contributed by atoms with Crippen molar-refractivity contribution in [3.63, 3.8) is 0 Å². The zero-order chi connectivity index (χ0) is 14.0. The maximum absolute atomic E-state index is 12.0. The van der Waals surface area contributed by atoms with Crippen LogP contribution in [0.1, 0.15) is 5.69 Å². The van der Waals surface area contributed by atoms with Crippen LogP contribution in [0.25, 0.3) is 0 Å². The number of amidine groups is 1. The van der Waals surface area contributed by atoms with Gasteiger partial charge in [-0.05, 0) is 24.3 Å². The normalized spacial score (nSPS) is 15.9. The maximum atomic E-state index is 12.0. The Balaban J connectivity index is 1.82. The lowest BCUT2D eigenvalue weighted by Gasteiger charge is -2.17. The number of benzene rings is 1. The van der Waals surface area contributed by atoms with Crippen LogP contribution in [0.15, 0.2) is 58.0 Å². The van der Waals surface area contributed by atoms with E-state index in [4.69, 9.17) is 0 Å². The summed E-state index contributed by atoms with van der Waals surface area (Å²) in [4.78, 5) is 4.40. The summed E-state index contributed by atoms with van der Waals surface area (Å²) in [6.07, 6.45) is 1.71. The van der Waals surface area contributed by atoms with E-state index in [1.807, 2.05) is 18.2 Å². The first kappa shape index (κ1) is 13.1. The Kier molecular flexibility index (Phi) is 3.45. The molecule has 7 heteroatoms. The zero-order valence-electron chi connectivity index (χ0n) is 10.4. The minimum absolute atomic E-state index is 0.210. The molecule has 5 nitrogen and oxygen atoms in total. The third-order valence-corrected chi connectivity index (χ3v) is 5.05. The number of fused-ring (bicyclic) bond motifs is 1. The molecule has 0 spiro atoms. The van der Waals surface area contributed by atoms with Gasteiger partial charge in [-0.1, -0.05) is 30.0 Å². The van der Waals surface area contributed by atoms with Gasteiger partial charge in [0, 0.05) is 11.9 Å². The van der Waals surface area contributed by atoms with Gasteiger partial charge < -0.3 is 5.32 Å². The molecule has 0 aliphatic carbocycles. The van der Waals surface area contributed by atoms with Crippen molar-refractivity contribution in [3.05, 3.63) is 54.4 Å². The van der Waals surface area contributed by atoms with Crippen molar-refractivity contribution >= 4 is 32.6 Å². The Labute approximate surface area is 121 Å². The average Bonchev–Trinajstić information content (AvgIpc) is 2.46. The lowest BCUT2D eigenvalue weighted by Crippen LogP contribution is -2.18. The van der Waals surface area contributed by atoms with Crippen molar-refractivity contribution in [1.29, 1.82) is 0 Å². The number of rotatable bonds is 2. The van der Waals surface area contributed by atoms with Gasteiger partial charge in [-0.3, -0.25) is 4.98 Å². The number of nitrogens with zero attached hydrogens (tertiary/aromatic N) is 2. The van der Waals surface area contributed by atoms with Crippen LogP contribution < -0.4 is 5.32 Å². The predicted octanol–water partition coefficient (Wildman–Crippen LogP) is 2.49. The highest BCUT2D eigenvalue weighted by molar-refractivity contribution is 8.14. The van der Waals surface area contributed by atoms with Crippen molar-refractivity contribution in [1.82, 2.24) is 4.98 Å². The fourth-order valence-corrected chi connectivity index (χ4v) is 3.93. The summed E-state index contributed by atoms with van der Waals surface area (Å²) in [5, 5.41) is 3.40. The van der Waals surface area contributed by atoms with Crippen LogP contribution in [-0.2, 0) is 15.8 Å².